The average Bonchev–Trinajstić information content (AvgIpc) is 2.85. The third kappa shape index (κ3) is 3.37. The Morgan fingerprint density at radius 3 is 2.71 bits per heavy atom. The molecule has 2 rings (SSSR count). The van der Waals surface area contributed by atoms with Gasteiger partial charge in [-0.2, -0.15) is 17.9 Å². The van der Waals surface area contributed by atoms with E-state index in [0.717, 1.165) is 12.2 Å². The zero-order chi connectivity index (χ0) is 15.6. The number of carbonyl (C=O) groups is 1. The van der Waals surface area contributed by atoms with Crippen LogP contribution in [0.15, 0.2) is 24.3 Å². The summed E-state index contributed by atoms with van der Waals surface area (Å²) >= 11 is 5.76. The van der Waals surface area contributed by atoms with E-state index in [1.54, 1.807) is 0 Å². The van der Waals surface area contributed by atoms with Crippen LogP contribution in [-0.4, -0.2) is 31.3 Å². The van der Waals surface area contributed by atoms with E-state index in [-0.39, 0.29) is 16.3 Å². The van der Waals surface area contributed by atoms with Crippen LogP contribution >= 0.6 is 11.6 Å². The summed E-state index contributed by atoms with van der Waals surface area (Å²) in [6.07, 6.45) is -2.88. The number of hydrogen-bond acceptors (Lipinski definition) is 4. The second kappa shape index (κ2) is 5.52. The van der Waals surface area contributed by atoms with Crippen molar-refractivity contribution in [3.05, 3.63) is 40.7 Å². The van der Waals surface area contributed by atoms with E-state index in [0.29, 0.717) is 4.68 Å². The number of nitrogens with zero attached hydrogens (tertiary/aromatic N) is 4. The van der Waals surface area contributed by atoms with Crippen molar-refractivity contribution in [3.8, 4) is 5.69 Å². The molecule has 1 N–H and O–H groups in total. The number of carboxylic acid groups (broad SMARTS) is 1. The van der Waals surface area contributed by atoms with Gasteiger partial charge in [-0.15, -0.1) is 5.10 Å². The molecule has 6 nitrogen and oxygen atoms in total. The van der Waals surface area contributed by atoms with E-state index in [2.05, 4.69) is 15.5 Å². The number of carboxylic acids is 1. The van der Waals surface area contributed by atoms with E-state index in [1.165, 1.54) is 18.2 Å². The van der Waals surface area contributed by atoms with Crippen molar-refractivity contribution >= 4 is 23.6 Å². The van der Waals surface area contributed by atoms with Crippen LogP contribution in [0.1, 0.15) is 11.4 Å². The fourth-order valence-electron chi connectivity index (χ4n) is 1.54. The summed E-state index contributed by atoms with van der Waals surface area (Å²) < 4.78 is 38.8. The van der Waals surface area contributed by atoms with Gasteiger partial charge in [-0.1, -0.05) is 11.6 Å². The number of aromatic nitrogens is 4. The van der Waals surface area contributed by atoms with Crippen molar-refractivity contribution in [1.29, 1.82) is 0 Å². The molecule has 0 atom stereocenters. The summed E-state index contributed by atoms with van der Waals surface area (Å²) in [5.41, 5.74) is 0.0805. The highest BCUT2D eigenvalue weighted by Crippen LogP contribution is 2.30. The van der Waals surface area contributed by atoms with Crippen LogP contribution in [0, 0.1) is 0 Å². The van der Waals surface area contributed by atoms with Gasteiger partial charge in [0.05, 0.1) is 5.69 Å². The van der Waals surface area contributed by atoms with Crippen LogP contribution in [0.3, 0.4) is 0 Å². The lowest BCUT2D eigenvalue weighted by atomic mass is 10.1. The third-order valence-corrected chi connectivity index (χ3v) is 2.58. The molecule has 0 unspecified atom stereocenters. The molecule has 10 heteroatoms. The first-order chi connectivity index (χ1) is 9.79. The molecule has 0 saturated carbocycles. The topological polar surface area (TPSA) is 80.9 Å². The fraction of sp³-hybridized carbons (Fsp3) is 0.0909. The molecule has 0 amide bonds. The smallest absolute Gasteiger partial charge is 0.453 e. The molecule has 0 aliphatic carbocycles. The summed E-state index contributed by atoms with van der Waals surface area (Å²) in [4.78, 5) is 10.5. The minimum absolute atomic E-state index is 0.0470. The Morgan fingerprint density at radius 2 is 2.10 bits per heavy atom. The monoisotopic (exact) mass is 318 g/mol. The van der Waals surface area contributed by atoms with Crippen molar-refractivity contribution in [2.75, 3.05) is 0 Å². The van der Waals surface area contributed by atoms with E-state index < -0.39 is 18.0 Å². The number of alkyl halides is 3. The van der Waals surface area contributed by atoms with Crippen LogP contribution in [-0.2, 0) is 11.0 Å². The van der Waals surface area contributed by atoms with Crippen molar-refractivity contribution in [1.82, 2.24) is 20.2 Å². The Labute approximate surface area is 120 Å². The summed E-state index contributed by atoms with van der Waals surface area (Å²) in [6.45, 7) is 0. The van der Waals surface area contributed by atoms with Crippen molar-refractivity contribution in [2.24, 2.45) is 0 Å². The summed E-state index contributed by atoms with van der Waals surface area (Å²) in [5.74, 6) is -2.58. The SMILES string of the molecule is O=C(O)/C=C/c1cc(Cl)ccc1-n1nnnc1C(F)(F)F. The predicted octanol–water partition coefficient (Wildman–Crippen LogP) is 2.43. The molecular formula is C11H6ClF3N4O2. The number of tetrazole rings is 1. The number of benzene rings is 1. The van der Waals surface area contributed by atoms with Gasteiger partial charge in [0, 0.05) is 16.7 Å². The molecule has 0 spiro atoms. The maximum Gasteiger partial charge on any atom is 0.453 e. The summed E-state index contributed by atoms with van der Waals surface area (Å²) in [7, 11) is 0. The fourth-order valence-corrected chi connectivity index (χ4v) is 1.72. The molecule has 1 aromatic heterocycles. The lowest BCUT2D eigenvalue weighted by Crippen LogP contribution is -2.15. The standard InChI is InChI=1S/C11H6ClF3N4O2/c12-7-2-3-8(6(5-7)1-4-9(20)21)19-10(11(13,14)15)16-17-18-19/h1-5H,(H,20,21)/b4-1+. The molecule has 0 saturated heterocycles. The lowest BCUT2D eigenvalue weighted by molar-refractivity contribution is -0.146. The highest BCUT2D eigenvalue weighted by Gasteiger charge is 2.38. The molecule has 0 bridgehead atoms. The molecule has 110 valence electrons. The second-order valence-electron chi connectivity index (χ2n) is 3.79. The van der Waals surface area contributed by atoms with Crippen LogP contribution in [0.25, 0.3) is 11.8 Å². The second-order valence-corrected chi connectivity index (χ2v) is 4.22. The zero-order valence-electron chi connectivity index (χ0n) is 10.0. The van der Waals surface area contributed by atoms with Gasteiger partial charge in [0.25, 0.3) is 5.82 Å². The maximum atomic E-state index is 12.8. The van der Waals surface area contributed by atoms with Gasteiger partial charge in [0.2, 0.25) is 0 Å². The van der Waals surface area contributed by atoms with Gasteiger partial charge >= 0.3 is 12.1 Å². The molecule has 1 aromatic carbocycles. The molecule has 1 heterocycles. The summed E-state index contributed by atoms with van der Waals surface area (Å²) in [5, 5.41) is 18.0. The van der Waals surface area contributed by atoms with Gasteiger partial charge in [-0.25, -0.2) is 4.79 Å². The molecule has 0 aliphatic rings. The first kappa shape index (κ1) is 15.0. The van der Waals surface area contributed by atoms with Gasteiger partial charge in [-0.05, 0) is 34.7 Å². The van der Waals surface area contributed by atoms with Crippen LogP contribution in [0.4, 0.5) is 13.2 Å². The minimum atomic E-state index is -4.75. The lowest BCUT2D eigenvalue weighted by Gasteiger charge is -2.10. The summed E-state index contributed by atoms with van der Waals surface area (Å²) in [6, 6.07) is 3.91. The van der Waals surface area contributed by atoms with Gasteiger partial charge in [0.15, 0.2) is 0 Å². The van der Waals surface area contributed by atoms with Crippen LogP contribution < -0.4 is 0 Å². The molecule has 0 aliphatic heterocycles. The first-order valence-electron chi connectivity index (χ1n) is 5.35. The molecule has 0 fully saturated rings. The third-order valence-electron chi connectivity index (χ3n) is 2.35. The van der Waals surface area contributed by atoms with E-state index in [9.17, 15) is 18.0 Å². The largest absolute Gasteiger partial charge is 0.478 e. The van der Waals surface area contributed by atoms with E-state index in [4.69, 9.17) is 16.7 Å². The minimum Gasteiger partial charge on any atom is -0.478 e. The van der Waals surface area contributed by atoms with Gasteiger partial charge < -0.3 is 5.11 Å². The van der Waals surface area contributed by atoms with Crippen molar-refractivity contribution in [3.63, 3.8) is 0 Å². The maximum absolute atomic E-state index is 12.8. The number of rotatable bonds is 3. The Hall–Kier alpha value is -2.42. The highest BCUT2D eigenvalue weighted by atomic mass is 35.5. The van der Waals surface area contributed by atoms with Crippen LogP contribution in [0.5, 0.6) is 0 Å². The Morgan fingerprint density at radius 1 is 1.38 bits per heavy atom. The molecule has 21 heavy (non-hydrogen) atoms. The van der Waals surface area contributed by atoms with Crippen LogP contribution in [0.2, 0.25) is 5.02 Å². The van der Waals surface area contributed by atoms with Crippen molar-refractivity contribution in [2.45, 2.75) is 6.18 Å². The zero-order valence-corrected chi connectivity index (χ0v) is 10.8. The van der Waals surface area contributed by atoms with E-state index in [1.807, 2.05) is 0 Å². The number of hydrogen-bond donors (Lipinski definition) is 1. The van der Waals surface area contributed by atoms with E-state index >= 15 is 0 Å². The highest BCUT2D eigenvalue weighted by molar-refractivity contribution is 6.30. The van der Waals surface area contributed by atoms with Gasteiger partial charge in [-0.3, -0.25) is 0 Å². The molecule has 2 aromatic rings. The Kier molecular flexibility index (Phi) is 3.94. The quantitative estimate of drug-likeness (QED) is 0.879. The normalized spacial score (nSPS) is 12.0. The van der Waals surface area contributed by atoms with Crippen molar-refractivity contribution < 1.29 is 23.1 Å². The Bertz CT molecular complexity index is 712. The van der Waals surface area contributed by atoms with Gasteiger partial charge in [0.1, 0.15) is 0 Å². The predicted molar refractivity (Wildman–Crippen MR) is 65.8 cm³/mol. The Balaban J connectivity index is 2.60. The average molecular weight is 319 g/mol. The number of aliphatic carboxylic acids is 1. The molecular weight excluding hydrogens is 313 g/mol. The molecule has 0 radical (unpaired) electrons. The first-order valence-corrected chi connectivity index (χ1v) is 5.73. The number of halogens is 4.